The van der Waals surface area contributed by atoms with E-state index in [2.05, 4.69) is 29.8 Å². The summed E-state index contributed by atoms with van der Waals surface area (Å²) in [5.41, 5.74) is 6.92. The van der Waals surface area contributed by atoms with Gasteiger partial charge in [0.05, 0.1) is 6.61 Å². The van der Waals surface area contributed by atoms with Gasteiger partial charge < -0.3 is 15.2 Å². The fraction of sp³-hybridized carbons (Fsp3) is 0.571. The van der Waals surface area contributed by atoms with E-state index in [9.17, 15) is 0 Å². The van der Waals surface area contributed by atoms with Crippen molar-refractivity contribution in [1.29, 1.82) is 0 Å². The Kier molecular flexibility index (Phi) is 6.68. The molecule has 1 atom stereocenters. The molecule has 1 aromatic carbocycles. The van der Waals surface area contributed by atoms with E-state index in [0.717, 1.165) is 22.4 Å². The number of halogens is 1. The van der Waals surface area contributed by atoms with Gasteiger partial charge in [-0.2, -0.15) is 0 Å². The third-order valence-electron chi connectivity index (χ3n) is 2.40. The van der Waals surface area contributed by atoms with E-state index in [1.807, 2.05) is 25.1 Å². The summed E-state index contributed by atoms with van der Waals surface area (Å²) in [6, 6.07) is 5.87. The van der Waals surface area contributed by atoms with Crippen LogP contribution in [0.25, 0.3) is 0 Å². The van der Waals surface area contributed by atoms with Crippen molar-refractivity contribution < 1.29 is 9.47 Å². The zero-order valence-corrected chi connectivity index (χ0v) is 12.9. The second-order valence-electron chi connectivity index (χ2n) is 4.79. The van der Waals surface area contributed by atoms with Crippen molar-refractivity contribution in [1.82, 2.24) is 0 Å². The van der Waals surface area contributed by atoms with Crippen molar-refractivity contribution in [2.45, 2.75) is 26.8 Å². The van der Waals surface area contributed by atoms with Gasteiger partial charge >= 0.3 is 0 Å². The molecular weight excluding hydrogens is 294 g/mol. The average Bonchev–Trinajstić information content (AvgIpc) is 2.27. The summed E-state index contributed by atoms with van der Waals surface area (Å²) in [5.74, 6) is 1.38. The van der Waals surface area contributed by atoms with Crippen LogP contribution in [0.5, 0.6) is 5.75 Å². The Hall–Kier alpha value is -0.580. The average molecular weight is 316 g/mol. The van der Waals surface area contributed by atoms with Gasteiger partial charge in [0.15, 0.2) is 0 Å². The van der Waals surface area contributed by atoms with E-state index in [1.54, 1.807) is 0 Å². The maximum atomic E-state index is 5.91. The molecule has 1 unspecified atom stereocenters. The number of benzene rings is 1. The molecule has 1 rings (SSSR count). The highest BCUT2D eigenvalue weighted by atomic mass is 79.9. The Morgan fingerprint density at radius 3 is 2.56 bits per heavy atom. The van der Waals surface area contributed by atoms with E-state index < -0.39 is 0 Å². The van der Waals surface area contributed by atoms with E-state index in [1.165, 1.54) is 0 Å². The minimum absolute atomic E-state index is 0.0373. The molecular formula is C14H22BrNO2. The van der Waals surface area contributed by atoms with Gasteiger partial charge in [-0.1, -0.05) is 35.8 Å². The normalized spacial score (nSPS) is 12.8. The van der Waals surface area contributed by atoms with Gasteiger partial charge in [-0.3, -0.25) is 0 Å². The first-order chi connectivity index (χ1) is 8.50. The summed E-state index contributed by atoms with van der Waals surface area (Å²) < 4.78 is 12.2. The molecule has 0 radical (unpaired) electrons. The van der Waals surface area contributed by atoms with E-state index in [0.29, 0.717) is 19.1 Å². The Morgan fingerprint density at radius 1 is 1.22 bits per heavy atom. The van der Waals surface area contributed by atoms with Crippen molar-refractivity contribution in [3.8, 4) is 5.75 Å². The Morgan fingerprint density at radius 2 is 1.94 bits per heavy atom. The molecule has 0 saturated carbocycles. The third-order valence-corrected chi connectivity index (χ3v) is 2.90. The molecule has 0 saturated heterocycles. The molecule has 1 aromatic rings. The van der Waals surface area contributed by atoms with Gasteiger partial charge in [-0.05, 0) is 25.0 Å². The van der Waals surface area contributed by atoms with Gasteiger partial charge in [-0.25, -0.2) is 0 Å². The Labute approximate surface area is 118 Å². The van der Waals surface area contributed by atoms with Crippen LogP contribution in [0, 0.1) is 5.92 Å². The van der Waals surface area contributed by atoms with Crippen LogP contribution >= 0.6 is 15.9 Å². The van der Waals surface area contributed by atoms with E-state index in [4.69, 9.17) is 15.2 Å². The molecule has 102 valence electrons. The quantitative estimate of drug-likeness (QED) is 0.783. The minimum atomic E-state index is -0.0373. The Bertz CT molecular complexity index is 367. The number of ether oxygens (including phenoxy) is 2. The second-order valence-corrected chi connectivity index (χ2v) is 5.70. The Balaban J connectivity index is 2.48. The van der Waals surface area contributed by atoms with Crippen molar-refractivity contribution in [3.05, 3.63) is 28.2 Å². The van der Waals surface area contributed by atoms with Crippen LogP contribution in [0.3, 0.4) is 0 Å². The summed E-state index contributed by atoms with van der Waals surface area (Å²) in [5, 5.41) is 0. The van der Waals surface area contributed by atoms with Gasteiger partial charge in [-0.15, -0.1) is 0 Å². The van der Waals surface area contributed by atoms with Crippen molar-refractivity contribution in [3.63, 3.8) is 0 Å². The van der Waals surface area contributed by atoms with Crippen LogP contribution in [-0.2, 0) is 4.74 Å². The molecule has 0 amide bonds. The van der Waals surface area contributed by atoms with Crippen molar-refractivity contribution >= 4 is 15.9 Å². The van der Waals surface area contributed by atoms with Crippen LogP contribution in [0.1, 0.15) is 32.4 Å². The van der Waals surface area contributed by atoms with Crippen LogP contribution < -0.4 is 10.5 Å². The fourth-order valence-electron chi connectivity index (χ4n) is 1.54. The molecule has 0 aliphatic carbocycles. The molecule has 0 heterocycles. The summed E-state index contributed by atoms with van der Waals surface area (Å²) in [6.45, 7) is 8.12. The molecule has 3 nitrogen and oxygen atoms in total. The smallest absolute Gasteiger partial charge is 0.125 e. The monoisotopic (exact) mass is 315 g/mol. The maximum Gasteiger partial charge on any atom is 0.125 e. The SMILES string of the molecule is CC(C)COCCOc1cc(Br)ccc1C(C)N. The van der Waals surface area contributed by atoms with Gasteiger partial charge in [0.2, 0.25) is 0 Å². The molecule has 0 aliphatic rings. The number of hydrogen-bond acceptors (Lipinski definition) is 3. The lowest BCUT2D eigenvalue weighted by molar-refractivity contribution is 0.0815. The standard InChI is InChI=1S/C14H22BrNO2/c1-10(2)9-17-6-7-18-14-8-12(15)4-5-13(14)11(3)16/h4-5,8,10-11H,6-7,9,16H2,1-3H3. The molecule has 4 heteroatoms. The molecule has 0 bridgehead atoms. The number of rotatable bonds is 7. The van der Waals surface area contributed by atoms with Gasteiger partial charge in [0.25, 0.3) is 0 Å². The summed E-state index contributed by atoms with van der Waals surface area (Å²) in [6.07, 6.45) is 0. The van der Waals surface area contributed by atoms with Gasteiger partial charge in [0, 0.05) is 22.7 Å². The van der Waals surface area contributed by atoms with Crippen LogP contribution in [0.2, 0.25) is 0 Å². The molecule has 18 heavy (non-hydrogen) atoms. The summed E-state index contributed by atoms with van der Waals surface area (Å²) >= 11 is 3.44. The molecule has 0 aliphatic heterocycles. The molecule has 0 aromatic heterocycles. The highest BCUT2D eigenvalue weighted by molar-refractivity contribution is 9.10. The predicted molar refractivity (Wildman–Crippen MR) is 77.9 cm³/mol. The zero-order valence-electron chi connectivity index (χ0n) is 11.3. The third kappa shape index (κ3) is 5.38. The number of hydrogen-bond donors (Lipinski definition) is 1. The maximum absolute atomic E-state index is 5.91. The summed E-state index contributed by atoms with van der Waals surface area (Å²) in [4.78, 5) is 0. The van der Waals surface area contributed by atoms with Crippen molar-refractivity contribution in [2.24, 2.45) is 11.7 Å². The van der Waals surface area contributed by atoms with Crippen LogP contribution in [-0.4, -0.2) is 19.8 Å². The van der Waals surface area contributed by atoms with Gasteiger partial charge in [0.1, 0.15) is 12.4 Å². The lowest BCUT2D eigenvalue weighted by atomic mass is 10.1. The highest BCUT2D eigenvalue weighted by Gasteiger charge is 2.08. The minimum Gasteiger partial charge on any atom is -0.491 e. The molecule has 0 spiro atoms. The topological polar surface area (TPSA) is 44.5 Å². The van der Waals surface area contributed by atoms with Crippen LogP contribution in [0.4, 0.5) is 0 Å². The number of nitrogens with two attached hydrogens (primary N) is 1. The molecule has 2 N–H and O–H groups in total. The largest absolute Gasteiger partial charge is 0.491 e. The fourth-order valence-corrected chi connectivity index (χ4v) is 1.88. The first-order valence-corrected chi connectivity index (χ1v) is 7.05. The molecule has 0 fully saturated rings. The lowest BCUT2D eigenvalue weighted by Gasteiger charge is -2.15. The lowest BCUT2D eigenvalue weighted by Crippen LogP contribution is -2.13. The zero-order chi connectivity index (χ0) is 13.5. The van der Waals surface area contributed by atoms with Crippen molar-refractivity contribution in [2.75, 3.05) is 19.8 Å². The first kappa shape index (κ1) is 15.5. The second kappa shape index (κ2) is 7.77. The van der Waals surface area contributed by atoms with Crippen LogP contribution in [0.15, 0.2) is 22.7 Å². The van der Waals surface area contributed by atoms with E-state index in [-0.39, 0.29) is 6.04 Å². The summed E-state index contributed by atoms with van der Waals surface area (Å²) in [7, 11) is 0. The predicted octanol–water partition coefficient (Wildman–Crippen LogP) is 3.52. The first-order valence-electron chi connectivity index (χ1n) is 6.26. The highest BCUT2D eigenvalue weighted by Crippen LogP contribution is 2.27. The van der Waals surface area contributed by atoms with E-state index >= 15 is 0 Å².